The Labute approximate surface area is 431 Å². The van der Waals surface area contributed by atoms with Gasteiger partial charge in [-0.05, 0) is 120 Å². The normalized spacial score (nSPS) is 12.9. The van der Waals surface area contributed by atoms with Gasteiger partial charge in [-0.2, -0.15) is 0 Å². The van der Waals surface area contributed by atoms with Gasteiger partial charge in [-0.25, -0.2) is 15.0 Å². The molecule has 2 aliphatic carbocycles. The Morgan fingerprint density at radius 2 is 0.720 bits per heavy atom. The van der Waals surface area contributed by atoms with Crippen molar-refractivity contribution >= 4 is 43.9 Å². The first-order valence-electron chi connectivity index (χ1n) is 25.5. The van der Waals surface area contributed by atoms with Gasteiger partial charge in [0.2, 0.25) is 0 Å². The quantitative estimate of drug-likeness (QED) is 0.166. The molecule has 0 saturated heterocycles. The largest absolute Gasteiger partial charge is 0.456 e. The van der Waals surface area contributed by atoms with E-state index in [0.717, 1.165) is 88.4 Å². The number of rotatable bonds is 6. The Hall–Kier alpha value is -9.97. The molecule has 1 spiro atoms. The van der Waals surface area contributed by atoms with Crippen LogP contribution in [0.1, 0.15) is 22.3 Å². The van der Waals surface area contributed by atoms with Gasteiger partial charge in [-0.15, -0.1) is 0 Å². The first kappa shape index (κ1) is 41.6. The van der Waals surface area contributed by atoms with E-state index in [2.05, 4.69) is 200 Å². The van der Waals surface area contributed by atoms with E-state index in [4.69, 9.17) is 23.8 Å². The first-order valence-corrected chi connectivity index (χ1v) is 25.5. The third-order valence-corrected chi connectivity index (χ3v) is 15.8. The molecule has 75 heavy (non-hydrogen) atoms. The Morgan fingerprint density at radius 3 is 1.48 bits per heavy atom. The van der Waals surface area contributed by atoms with Crippen LogP contribution in [0.4, 0.5) is 0 Å². The molecule has 0 N–H and O–H groups in total. The van der Waals surface area contributed by atoms with Crippen molar-refractivity contribution in [2.75, 3.05) is 0 Å². The summed E-state index contributed by atoms with van der Waals surface area (Å²) in [5, 5.41) is 3.98. The van der Waals surface area contributed by atoms with E-state index in [1.807, 2.05) is 48.5 Å². The van der Waals surface area contributed by atoms with Crippen LogP contribution in [0.3, 0.4) is 0 Å². The molecule has 0 radical (unpaired) electrons. The molecule has 0 saturated carbocycles. The van der Waals surface area contributed by atoms with Gasteiger partial charge in [0, 0.05) is 32.7 Å². The van der Waals surface area contributed by atoms with Crippen molar-refractivity contribution < 1.29 is 8.83 Å². The van der Waals surface area contributed by atoms with Gasteiger partial charge < -0.3 is 8.83 Å². The fourth-order valence-corrected chi connectivity index (χ4v) is 12.5. The van der Waals surface area contributed by atoms with Crippen LogP contribution in [0.2, 0.25) is 0 Å². The number of para-hydroxylation sites is 2. The van der Waals surface area contributed by atoms with Gasteiger partial charge in [0.05, 0.1) is 11.0 Å². The van der Waals surface area contributed by atoms with Gasteiger partial charge in [-0.3, -0.25) is 0 Å². The first-order chi connectivity index (χ1) is 37.2. The summed E-state index contributed by atoms with van der Waals surface area (Å²) in [7, 11) is 0. The lowest BCUT2D eigenvalue weighted by atomic mass is 9.70. The highest BCUT2D eigenvalue weighted by atomic mass is 16.3. The molecular formula is C70H41N3O2. The van der Waals surface area contributed by atoms with Crippen molar-refractivity contribution in [2.45, 2.75) is 5.41 Å². The van der Waals surface area contributed by atoms with E-state index < -0.39 is 0 Å². The minimum absolute atomic E-state index is 0.373. The smallest absolute Gasteiger partial charge is 0.167 e. The van der Waals surface area contributed by atoms with Gasteiger partial charge in [0.25, 0.3) is 0 Å². The topological polar surface area (TPSA) is 65.0 Å². The van der Waals surface area contributed by atoms with E-state index in [0.29, 0.717) is 17.5 Å². The van der Waals surface area contributed by atoms with Gasteiger partial charge in [0.15, 0.2) is 17.5 Å². The van der Waals surface area contributed by atoms with Crippen LogP contribution in [0, 0.1) is 0 Å². The second-order valence-corrected chi connectivity index (χ2v) is 19.7. The molecule has 0 amide bonds. The minimum atomic E-state index is -0.373. The summed E-state index contributed by atoms with van der Waals surface area (Å²) in [6.07, 6.45) is 0. The van der Waals surface area contributed by atoms with E-state index in [-0.39, 0.29) is 5.41 Å². The van der Waals surface area contributed by atoms with Gasteiger partial charge in [-0.1, -0.05) is 206 Å². The molecule has 14 aromatic rings. The molecule has 11 aromatic carbocycles. The average molecular weight is 956 g/mol. The summed E-state index contributed by atoms with van der Waals surface area (Å²) in [6, 6.07) is 88.7. The number of fused-ring (bicyclic) bond motifs is 16. The number of nitrogens with zero attached hydrogens (tertiary/aromatic N) is 3. The predicted molar refractivity (Wildman–Crippen MR) is 303 cm³/mol. The highest BCUT2D eigenvalue weighted by molar-refractivity contribution is 6.13. The summed E-state index contributed by atoms with van der Waals surface area (Å²) in [4.78, 5) is 15.8. The van der Waals surface area contributed by atoms with Crippen LogP contribution < -0.4 is 0 Å². The molecule has 5 heteroatoms. The standard InChI is InChI=1S/C70H41N3O2/c1-2-15-42(16-3-1)43-31-33-44(34-32-43)67-71-68(73-69(72-67)55-25-13-23-53-52-22-7-11-29-62(52)75-66(53)55)54-24-14-30-64-65(54)57-41-48(36-38-63(57)74-64)46-18-12-17-45(39-46)47-35-37-61-56(40-47)51-21-6-10-28-60(51)70(61)58-26-8-4-19-49(58)50-20-5-9-27-59(50)70/h1-41H. The number of hydrogen-bond acceptors (Lipinski definition) is 5. The van der Waals surface area contributed by atoms with Crippen LogP contribution >= 0.6 is 0 Å². The third kappa shape index (κ3) is 6.16. The van der Waals surface area contributed by atoms with Crippen LogP contribution in [0.15, 0.2) is 258 Å². The molecule has 5 nitrogen and oxygen atoms in total. The van der Waals surface area contributed by atoms with E-state index >= 15 is 0 Å². The molecule has 348 valence electrons. The molecule has 0 bridgehead atoms. The fourth-order valence-electron chi connectivity index (χ4n) is 12.5. The number of benzene rings is 11. The molecule has 2 aliphatic rings. The Morgan fingerprint density at radius 1 is 0.253 bits per heavy atom. The minimum Gasteiger partial charge on any atom is -0.456 e. The van der Waals surface area contributed by atoms with Crippen LogP contribution in [0.25, 0.3) is 134 Å². The summed E-state index contributed by atoms with van der Waals surface area (Å²) >= 11 is 0. The fraction of sp³-hybridized carbons (Fsp3) is 0.0143. The average Bonchev–Trinajstić information content (AvgIpc) is 4.39. The highest BCUT2D eigenvalue weighted by Crippen LogP contribution is 2.63. The zero-order valence-electron chi connectivity index (χ0n) is 40.3. The van der Waals surface area contributed by atoms with Crippen molar-refractivity contribution in [3.05, 3.63) is 271 Å². The zero-order chi connectivity index (χ0) is 49.2. The molecular weight excluding hydrogens is 915 g/mol. The molecule has 0 atom stereocenters. The van der Waals surface area contributed by atoms with E-state index in [1.165, 1.54) is 50.1 Å². The molecule has 0 fully saturated rings. The second kappa shape index (κ2) is 16.0. The zero-order valence-corrected chi connectivity index (χ0v) is 40.3. The maximum atomic E-state index is 6.64. The van der Waals surface area contributed by atoms with Crippen LogP contribution in [-0.4, -0.2) is 15.0 Å². The third-order valence-electron chi connectivity index (χ3n) is 15.8. The Bertz CT molecular complexity index is 4620. The molecule has 0 unspecified atom stereocenters. The molecule has 0 aliphatic heterocycles. The van der Waals surface area contributed by atoms with Crippen molar-refractivity contribution in [1.29, 1.82) is 0 Å². The Kier molecular flexibility index (Phi) is 8.89. The van der Waals surface area contributed by atoms with Crippen LogP contribution in [-0.2, 0) is 5.41 Å². The maximum Gasteiger partial charge on any atom is 0.167 e. The monoisotopic (exact) mass is 955 g/mol. The lowest BCUT2D eigenvalue weighted by Crippen LogP contribution is -2.25. The summed E-state index contributed by atoms with van der Waals surface area (Å²) in [6.45, 7) is 0. The highest BCUT2D eigenvalue weighted by Gasteiger charge is 2.51. The second-order valence-electron chi connectivity index (χ2n) is 19.7. The molecule has 3 aromatic heterocycles. The maximum absolute atomic E-state index is 6.64. The lowest BCUT2D eigenvalue weighted by molar-refractivity contribution is 0.668. The SMILES string of the molecule is c1ccc(-c2ccc(-c3nc(-c4cccc5c4oc4ccccc45)nc(-c4cccc5oc6ccc(-c7cccc(-c8ccc9c(c8)-c8ccccc8C98c9ccccc9-c9ccccc98)c7)cc6c45)n3)cc2)cc1. The Balaban J connectivity index is 0.824. The van der Waals surface area contributed by atoms with Crippen LogP contribution in [0.5, 0.6) is 0 Å². The lowest BCUT2D eigenvalue weighted by Gasteiger charge is -2.30. The summed E-state index contributed by atoms with van der Waals surface area (Å²) in [5.74, 6) is 1.63. The molecule has 3 heterocycles. The van der Waals surface area contributed by atoms with Crippen molar-refractivity contribution in [2.24, 2.45) is 0 Å². The number of furan rings is 2. The predicted octanol–water partition coefficient (Wildman–Crippen LogP) is 18.0. The van der Waals surface area contributed by atoms with Gasteiger partial charge >= 0.3 is 0 Å². The van der Waals surface area contributed by atoms with Crippen molar-refractivity contribution in [3.63, 3.8) is 0 Å². The molecule has 16 rings (SSSR count). The van der Waals surface area contributed by atoms with Crippen molar-refractivity contribution in [3.8, 4) is 89.8 Å². The van der Waals surface area contributed by atoms with Crippen molar-refractivity contribution in [1.82, 2.24) is 15.0 Å². The summed E-state index contributed by atoms with van der Waals surface area (Å²) in [5.41, 5.74) is 22.6. The van der Waals surface area contributed by atoms with E-state index in [9.17, 15) is 0 Å². The number of aromatic nitrogens is 3. The number of hydrogen-bond donors (Lipinski definition) is 0. The summed E-state index contributed by atoms with van der Waals surface area (Å²) < 4.78 is 13.2. The van der Waals surface area contributed by atoms with E-state index in [1.54, 1.807) is 0 Å². The van der Waals surface area contributed by atoms with Gasteiger partial charge in [0.1, 0.15) is 22.3 Å².